The predicted octanol–water partition coefficient (Wildman–Crippen LogP) is 3.09. The number of esters is 1. The molecule has 2 unspecified atom stereocenters. The van der Waals surface area contributed by atoms with Crippen molar-refractivity contribution < 1.29 is 23.8 Å². The van der Waals surface area contributed by atoms with Gasteiger partial charge in [-0.3, -0.25) is 19.4 Å². The number of nitrogens with zero attached hydrogens (tertiary/aromatic N) is 2. The van der Waals surface area contributed by atoms with Gasteiger partial charge < -0.3 is 25.3 Å². The molecule has 10 heteroatoms. The van der Waals surface area contributed by atoms with E-state index in [2.05, 4.69) is 15.1 Å². The van der Waals surface area contributed by atoms with E-state index in [-0.39, 0.29) is 24.1 Å². The molecule has 3 aliphatic rings. The number of carbonyl (C=O) groups excluding carboxylic acids is 2. The molecule has 9 nitrogen and oxygen atoms in total. The Labute approximate surface area is 224 Å². The van der Waals surface area contributed by atoms with Gasteiger partial charge in [0.1, 0.15) is 11.9 Å². The van der Waals surface area contributed by atoms with E-state index in [9.17, 15) is 9.59 Å². The molecule has 1 amide bonds. The van der Waals surface area contributed by atoms with Gasteiger partial charge in [-0.15, -0.1) is 0 Å². The smallest absolute Gasteiger partial charge is 0.306 e. The maximum atomic E-state index is 12.8. The van der Waals surface area contributed by atoms with E-state index < -0.39 is 0 Å². The van der Waals surface area contributed by atoms with Crippen LogP contribution in [0, 0.1) is 0 Å². The Morgan fingerprint density at radius 3 is 2.84 bits per heavy atom. The summed E-state index contributed by atoms with van der Waals surface area (Å²) in [5.41, 5.74) is 6.58. The van der Waals surface area contributed by atoms with Crippen molar-refractivity contribution in [3.05, 3.63) is 22.7 Å². The van der Waals surface area contributed by atoms with Crippen molar-refractivity contribution in [3.63, 3.8) is 0 Å². The lowest BCUT2D eigenvalue weighted by Crippen LogP contribution is -2.49. The van der Waals surface area contributed by atoms with Crippen LogP contribution in [0.5, 0.6) is 5.75 Å². The van der Waals surface area contributed by atoms with Crippen molar-refractivity contribution >= 4 is 29.2 Å². The number of carbonyl (C=O) groups is 2. The molecule has 206 valence electrons. The van der Waals surface area contributed by atoms with E-state index in [0.29, 0.717) is 48.2 Å². The number of anilines is 1. The highest BCUT2D eigenvalue weighted by molar-refractivity contribution is 6.33. The zero-order chi connectivity index (χ0) is 26.2. The summed E-state index contributed by atoms with van der Waals surface area (Å²) in [6.07, 6.45) is 6.83. The van der Waals surface area contributed by atoms with Crippen LogP contribution in [0.25, 0.3) is 0 Å². The van der Waals surface area contributed by atoms with Crippen molar-refractivity contribution in [1.82, 2.24) is 15.1 Å². The standard InChI is InChI=1S/C27H41ClN4O5/c1-2-35-25-15-24(29)23(28)14-22(25)27(34)30-16-21-17-31(12-13-36-21)10-4-3-8-26(33)37-20-7-5-6-19-9-11-32(19)18-20/h14-15,19-21H,2-13,16-18,29H2,1H3,(H,30,34)/t19?,20?,21-/m0/s1. The van der Waals surface area contributed by atoms with Crippen LogP contribution in [0.3, 0.4) is 0 Å². The molecule has 0 aromatic heterocycles. The number of nitrogens with two attached hydrogens (primary N) is 1. The average Bonchev–Trinajstić information content (AvgIpc) is 3.00. The monoisotopic (exact) mass is 536 g/mol. The topological polar surface area (TPSA) is 106 Å². The van der Waals surface area contributed by atoms with Crippen LogP contribution in [0.15, 0.2) is 12.1 Å². The SMILES string of the molecule is CCOc1cc(N)c(Cl)cc1C(=O)NC[C@H]1CN(CCCCC(=O)OC2CCCC3CCN3C2)CCO1. The fourth-order valence-electron chi connectivity index (χ4n) is 5.37. The number of amides is 1. The van der Waals surface area contributed by atoms with Crippen molar-refractivity contribution in [3.8, 4) is 5.75 Å². The number of halogens is 1. The van der Waals surface area contributed by atoms with Gasteiger partial charge in [-0.05, 0) is 58.1 Å². The van der Waals surface area contributed by atoms with Crippen molar-refractivity contribution in [2.45, 2.75) is 70.1 Å². The molecule has 3 atom stereocenters. The van der Waals surface area contributed by atoms with E-state index in [1.807, 2.05) is 6.92 Å². The first-order chi connectivity index (χ1) is 17.9. The van der Waals surface area contributed by atoms with Crippen molar-refractivity contribution in [2.24, 2.45) is 0 Å². The van der Waals surface area contributed by atoms with E-state index >= 15 is 0 Å². The van der Waals surface area contributed by atoms with Crippen LogP contribution >= 0.6 is 11.6 Å². The summed E-state index contributed by atoms with van der Waals surface area (Å²) in [6.45, 7) is 7.77. The second kappa shape index (κ2) is 13.6. The van der Waals surface area contributed by atoms with Gasteiger partial charge in [0.2, 0.25) is 0 Å². The van der Waals surface area contributed by atoms with Gasteiger partial charge in [-0.25, -0.2) is 0 Å². The lowest BCUT2D eigenvalue weighted by atomic mass is 10.00. The molecule has 0 aliphatic carbocycles. The highest BCUT2D eigenvalue weighted by atomic mass is 35.5. The molecule has 3 heterocycles. The first kappa shape index (κ1) is 28.0. The Kier molecular flexibility index (Phi) is 10.3. The third kappa shape index (κ3) is 7.96. The minimum absolute atomic E-state index is 0.0573. The van der Waals surface area contributed by atoms with E-state index in [1.165, 1.54) is 18.9 Å². The normalized spacial score (nSPS) is 24.4. The average molecular weight is 537 g/mol. The Morgan fingerprint density at radius 2 is 2.05 bits per heavy atom. The summed E-state index contributed by atoms with van der Waals surface area (Å²) >= 11 is 6.12. The molecule has 3 fully saturated rings. The number of nitrogens with one attached hydrogen (secondary N) is 1. The summed E-state index contributed by atoms with van der Waals surface area (Å²) in [7, 11) is 0. The summed E-state index contributed by atoms with van der Waals surface area (Å²) in [6, 6.07) is 3.83. The number of hydrogen-bond donors (Lipinski definition) is 2. The maximum Gasteiger partial charge on any atom is 0.306 e. The molecule has 37 heavy (non-hydrogen) atoms. The van der Waals surface area contributed by atoms with Gasteiger partial charge in [0, 0.05) is 51.3 Å². The second-order valence-corrected chi connectivity index (χ2v) is 10.7. The van der Waals surface area contributed by atoms with Crippen LogP contribution in [-0.4, -0.2) is 92.4 Å². The number of morpholine rings is 1. The fourth-order valence-corrected chi connectivity index (χ4v) is 5.54. The Hall–Kier alpha value is -2.07. The van der Waals surface area contributed by atoms with Crippen LogP contribution in [0.1, 0.15) is 62.2 Å². The zero-order valence-corrected chi connectivity index (χ0v) is 22.6. The molecule has 0 spiro atoms. The fraction of sp³-hybridized carbons (Fsp3) is 0.704. The summed E-state index contributed by atoms with van der Waals surface area (Å²) < 4.78 is 17.2. The van der Waals surface area contributed by atoms with Gasteiger partial charge in [-0.1, -0.05) is 11.6 Å². The van der Waals surface area contributed by atoms with Gasteiger partial charge in [0.25, 0.3) is 5.91 Å². The largest absolute Gasteiger partial charge is 0.493 e. The number of hydrogen-bond acceptors (Lipinski definition) is 8. The van der Waals surface area contributed by atoms with Crippen LogP contribution < -0.4 is 15.8 Å². The van der Waals surface area contributed by atoms with Crippen LogP contribution in [0.2, 0.25) is 5.02 Å². The molecular formula is C27H41ClN4O5. The van der Waals surface area contributed by atoms with Crippen molar-refractivity contribution in [2.75, 3.05) is 58.2 Å². The third-order valence-electron chi connectivity index (χ3n) is 7.53. The molecule has 3 aliphatic heterocycles. The number of nitrogen functional groups attached to an aromatic ring is 1. The van der Waals surface area contributed by atoms with E-state index in [1.54, 1.807) is 6.07 Å². The predicted molar refractivity (Wildman–Crippen MR) is 143 cm³/mol. The minimum Gasteiger partial charge on any atom is -0.493 e. The number of unbranched alkanes of at least 4 members (excludes halogenated alkanes) is 1. The lowest BCUT2D eigenvalue weighted by Gasteiger charge is -2.40. The van der Waals surface area contributed by atoms with Crippen LogP contribution in [0.4, 0.5) is 5.69 Å². The third-order valence-corrected chi connectivity index (χ3v) is 7.85. The highest BCUT2D eigenvalue weighted by Gasteiger charge is 2.33. The zero-order valence-electron chi connectivity index (χ0n) is 21.9. The second-order valence-electron chi connectivity index (χ2n) is 10.2. The Bertz CT molecular complexity index is 932. The number of ether oxygens (including phenoxy) is 3. The summed E-state index contributed by atoms with van der Waals surface area (Å²) in [5, 5.41) is 3.25. The molecule has 4 rings (SSSR count). The molecular weight excluding hydrogens is 496 g/mol. The quantitative estimate of drug-likeness (QED) is 0.252. The first-order valence-electron chi connectivity index (χ1n) is 13.7. The summed E-state index contributed by atoms with van der Waals surface area (Å²) in [5.74, 6) is 0.0685. The number of benzene rings is 1. The lowest BCUT2D eigenvalue weighted by molar-refractivity contribution is -0.150. The molecule has 0 bridgehead atoms. The number of rotatable bonds is 11. The van der Waals surface area contributed by atoms with Gasteiger partial charge >= 0.3 is 5.97 Å². The Balaban J connectivity index is 1.13. The molecule has 0 radical (unpaired) electrons. The molecule has 3 N–H and O–H groups in total. The number of fused-ring (bicyclic) bond motifs is 1. The molecule has 1 aromatic carbocycles. The van der Waals surface area contributed by atoms with Gasteiger partial charge in [0.15, 0.2) is 0 Å². The summed E-state index contributed by atoms with van der Waals surface area (Å²) in [4.78, 5) is 29.9. The van der Waals surface area contributed by atoms with E-state index in [0.717, 1.165) is 64.4 Å². The van der Waals surface area contributed by atoms with Gasteiger partial charge in [0.05, 0.1) is 35.6 Å². The minimum atomic E-state index is -0.275. The first-order valence-corrected chi connectivity index (χ1v) is 14.1. The van der Waals surface area contributed by atoms with E-state index in [4.69, 9.17) is 31.5 Å². The van der Waals surface area contributed by atoms with Crippen LogP contribution in [-0.2, 0) is 14.3 Å². The molecule has 0 saturated carbocycles. The van der Waals surface area contributed by atoms with Gasteiger partial charge in [-0.2, -0.15) is 0 Å². The maximum absolute atomic E-state index is 12.8. The molecule has 3 saturated heterocycles. The van der Waals surface area contributed by atoms with Crippen molar-refractivity contribution in [1.29, 1.82) is 0 Å². The Morgan fingerprint density at radius 1 is 1.19 bits per heavy atom. The highest BCUT2D eigenvalue weighted by Crippen LogP contribution is 2.29. The molecule has 1 aromatic rings.